The maximum absolute atomic E-state index is 12.5. The highest BCUT2D eigenvalue weighted by Crippen LogP contribution is 2.30. The maximum atomic E-state index is 12.5. The highest BCUT2D eigenvalue weighted by atomic mass is 35.5. The van der Waals surface area contributed by atoms with Crippen LogP contribution in [-0.2, 0) is 0 Å². The fourth-order valence-electron chi connectivity index (χ4n) is 2.93. The van der Waals surface area contributed by atoms with Gasteiger partial charge in [-0.3, -0.25) is 4.79 Å². The molecule has 4 aromatic rings. The Morgan fingerprint density at radius 1 is 1.13 bits per heavy atom. The Balaban J connectivity index is 1.56. The van der Waals surface area contributed by atoms with Gasteiger partial charge in [-0.25, -0.2) is 9.97 Å². The molecule has 0 saturated carbocycles. The lowest BCUT2D eigenvalue weighted by atomic mass is 10.1. The third-order valence-corrected chi connectivity index (χ3v) is 4.63. The number of carbonyl (C=O) groups excluding carboxylic acids is 1. The molecule has 0 aliphatic rings. The SMILES string of the molecule is Cc1cnc2nc(-c3cc(NC(=O)c4ccc(OC(F)(F)F)cc4)ccc3Cl)[nH]c2c1. The summed E-state index contributed by atoms with van der Waals surface area (Å²) in [6.07, 6.45) is -3.09. The third kappa shape index (κ3) is 4.77. The molecule has 0 aliphatic carbocycles. The first kappa shape index (κ1) is 20.7. The number of ether oxygens (including phenoxy) is 1. The molecule has 158 valence electrons. The monoisotopic (exact) mass is 446 g/mol. The number of aryl methyl sites for hydroxylation is 1. The number of anilines is 1. The van der Waals surface area contributed by atoms with Crippen molar-refractivity contribution in [3.05, 3.63) is 70.9 Å². The summed E-state index contributed by atoms with van der Waals surface area (Å²) in [6.45, 7) is 1.91. The van der Waals surface area contributed by atoms with Crippen LogP contribution in [0.25, 0.3) is 22.6 Å². The van der Waals surface area contributed by atoms with Crippen molar-refractivity contribution >= 4 is 34.4 Å². The summed E-state index contributed by atoms with van der Waals surface area (Å²) >= 11 is 6.31. The number of rotatable bonds is 4. The molecule has 0 radical (unpaired) electrons. The van der Waals surface area contributed by atoms with Gasteiger partial charge in [-0.1, -0.05) is 11.6 Å². The average Bonchev–Trinajstić information content (AvgIpc) is 3.11. The lowest BCUT2D eigenvalue weighted by Gasteiger charge is -2.10. The van der Waals surface area contributed by atoms with Crippen LogP contribution in [0.2, 0.25) is 5.02 Å². The maximum Gasteiger partial charge on any atom is 0.573 e. The summed E-state index contributed by atoms with van der Waals surface area (Å²) in [7, 11) is 0. The fourth-order valence-corrected chi connectivity index (χ4v) is 3.13. The minimum Gasteiger partial charge on any atom is -0.406 e. The molecule has 31 heavy (non-hydrogen) atoms. The van der Waals surface area contributed by atoms with Crippen LogP contribution in [0.5, 0.6) is 5.75 Å². The number of H-pyrrole nitrogens is 1. The molecular formula is C21H14ClF3N4O2. The number of hydrogen-bond donors (Lipinski definition) is 2. The normalized spacial score (nSPS) is 11.5. The van der Waals surface area contributed by atoms with E-state index in [0.717, 1.165) is 23.2 Å². The van der Waals surface area contributed by atoms with Gasteiger partial charge >= 0.3 is 6.36 Å². The van der Waals surface area contributed by atoms with Crippen LogP contribution < -0.4 is 10.1 Å². The number of nitrogens with zero attached hydrogens (tertiary/aromatic N) is 2. The molecule has 2 N–H and O–H groups in total. The molecule has 1 amide bonds. The van der Waals surface area contributed by atoms with Gasteiger partial charge in [0.15, 0.2) is 5.65 Å². The van der Waals surface area contributed by atoms with Gasteiger partial charge in [-0.05, 0) is 61.0 Å². The Hall–Kier alpha value is -3.59. The number of alkyl halides is 3. The van der Waals surface area contributed by atoms with Crippen LogP contribution in [0.1, 0.15) is 15.9 Å². The van der Waals surface area contributed by atoms with E-state index in [1.165, 1.54) is 12.1 Å². The molecule has 6 nitrogen and oxygen atoms in total. The standard InChI is InChI=1S/C21H14ClF3N4O2/c1-11-8-17-19(26-10-11)29-18(28-17)15-9-13(4-7-16(15)22)27-20(30)12-2-5-14(6-3-12)31-21(23,24)25/h2-10H,1H3,(H,27,30)(H,26,28,29). The number of pyridine rings is 1. The molecule has 0 atom stereocenters. The predicted octanol–water partition coefficient (Wildman–Crippen LogP) is 5.74. The van der Waals surface area contributed by atoms with Crippen molar-refractivity contribution in [2.45, 2.75) is 13.3 Å². The molecule has 0 spiro atoms. The Labute approximate surface area is 179 Å². The number of benzene rings is 2. The summed E-state index contributed by atoms with van der Waals surface area (Å²) < 4.78 is 40.6. The molecule has 2 aromatic carbocycles. The summed E-state index contributed by atoms with van der Waals surface area (Å²) in [5.74, 6) is -0.428. The Kier molecular flexibility index (Phi) is 5.28. The van der Waals surface area contributed by atoms with Crippen molar-refractivity contribution in [3.8, 4) is 17.1 Å². The second-order valence-electron chi connectivity index (χ2n) is 6.69. The van der Waals surface area contributed by atoms with Gasteiger partial charge < -0.3 is 15.0 Å². The van der Waals surface area contributed by atoms with Crippen molar-refractivity contribution < 1.29 is 22.7 Å². The van der Waals surface area contributed by atoms with Crippen molar-refractivity contribution in [3.63, 3.8) is 0 Å². The van der Waals surface area contributed by atoms with Crippen LogP contribution in [0.3, 0.4) is 0 Å². The number of aromatic nitrogens is 3. The van der Waals surface area contributed by atoms with E-state index < -0.39 is 18.0 Å². The molecule has 4 rings (SSSR count). The first-order valence-electron chi connectivity index (χ1n) is 8.97. The average molecular weight is 447 g/mol. The highest BCUT2D eigenvalue weighted by molar-refractivity contribution is 6.33. The summed E-state index contributed by atoms with van der Waals surface area (Å²) in [4.78, 5) is 24.3. The molecule has 0 saturated heterocycles. The molecule has 2 aromatic heterocycles. The van der Waals surface area contributed by atoms with Crippen molar-refractivity contribution in [2.24, 2.45) is 0 Å². The van der Waals surface area contributed by atoms with E-state index in [-0.39, 0.29) is 5.56 Å². The predicted molar refractivity (Wildman–Crippen MR) is 110 cm³/mol. The van der Waals surface area contributed by atoms with Gasteiger partial charge in [0.2, 0.25) is 0 Å². The van der Waals surface area contributed by atoms with Crippen molar-refractivity contribution in [1.29, 1.82) is 0 Å². The zero-order chi connectivity index (χ0) is 22.2. The van der Waals surface area contributed by atoms with Crippen molar-refractivity contribution in [2.75, 3.05) is 5.32 Å². The van der Waals surface area contributed by atoms with E-state index >= 15 is 0 Å². The molecule has 10 heteroatoms. The molecule has 0 aliphatic heterocycles. The largest absolute Gasteiger partial charge is 0.573 e. The number of imidazole rings is 1. The second-order valence-corrected chi connectivity index (χ2v) is 7.10. The number of nitrogens with one attached hydrogen (secondary N) is 2. The Bertz CT molecular complexity index is 1270. The van der Waals surface area contributed by atoms with E-state index in [2.05, 4.69) is 25.0 Å². The van der Waals surface area contributed by atoms with E-state index in [0.29, 0.717) is 27.7 Å². The zero-order valence-electron chi connectivity index (χ0n) is 15.9. The number of aromatic amines is 1. The van der Waals surface area contributed by atoms with Gasteiger partial charge in [0.05, 0.1) is 10.5 Å². The van der Waals surface area contributed by atoms with Gasteiger partial charge in [0.1, 0.15) is 11.6 Å². The first-order chi connectivity index (χ1) is 14.7. The summed E-state index contributed by atoms with van der Waals surface area (Å²) in [6, 6.07) is 11.4. The van der Waals surface area contributed by atoms with Gasteiger partial charge in [-0.15, -0.1) is 13.2 Å². The van der Waals surface area contributed by atoms with Gasteiger partial charge in [0.25, 0.3) is 5.91 Å². The third-order valence-electron chi connectivity index (χ3n) is 4.30. The van der Waals surface area contributed by atoms with E-state index in [4.69, 9.17) is 11.6 Å². The smallest absolute Gasteiger partial charge is 0.406 e. The minimum atomic E-state index is -4.80. The number of fused-ring (bicyclic) bond motifs is 1. The molecule has 0 unspecified atom stereocenters. The van der Waals surface area contributed by atoms with E-state index in [1.807, 2.05) is 13.0 Å². The number of amides is 1. The van der Waals surface area contributed by atoms with Crippen LogP contribution in [0.4, 0.5) is 18.9 Å². The Morgan fingerprint density at radius 3 is 2.58 bits per heavy atom. The Morgan fingerprint density at radius 2 is 1.87 bits per heavy atom. The van der Waals surface area contributed by atoms with Crippen LogP contribution in [0.15, 0.2) is 54.7 Å². The number of halogens is 4. The van der Waals surface area contributed by atoms with Gasteiger partial charge in [-0.2, -0.15) is 0 Å². The summed E-state index contributed by atoms with van der Waals surface area (Å²) in [5.41, 5.74) is 3.42. The van der Waals surface area contributed by atoms with Crippen LogP contribution in [-0.4, -0.2) is 27.2 Å². The lowest BCUT2D eigenvalue weighted by molar-refractivity contribution is -0.274. The molecular weight excluding hydrogens is 433 g/mol. The first-order valence-corrected chi connectivity index (χ1v) is 9.35. The van der Waals surface area contributed by atoms with E-state index in [9.17, 15) is 18.0 Å². The van der Waals surface area contributed by atoms with Crippen LogP contribution >= 0.6 is 11.6 Å². The van der Waals surface area contributed by atoms with Crippen LogP contribution in [0, 0.1) is 6.92 Å². The summed E-state index contributed by atoms with van der Waals surface area (Å²) in [5, 5.41) is 3.11. The van der Waals surface area contributed by atoms with Gasteiger partial charge in [0, 0.05) is 23.0 Å². The fraction of sp³-hybridized carbons (Fsp3) is 0.0952. The van der Waals surface area contributed by atoms with Crippen molar-refractivity contribution in [1.82, 2.24) is 15.0 Å². The zero-order valence-corrected chi connectivity index (χ0v) is 16.7. The molecule has 2 heterocycles. The molecule has 0 bridgehead atoms. The minimum absolute atomic E-state index is 0.162. The lowest BCUT2D eigenvalue weighted by Crippen LogP contribution is -2.17. The molecule has 0 fully saturated rings. The second kappa shape index (κ2) is 7.92. The number of hydrogen-bond acceptors (Lipinski definition) is 4. The van der Waals surface area contributed by atoms with E-state index in [1.54, 1.807) is 24.4 Å². The highest BCUT2D eigenvalue weighted by Gasteiger charge is 2.31. The topological polar surface area (TPSA) is 79.9 Å². The quantitative estimate of drug-likeness (QED) is 0.419. The number of carbonyl (C=O) groups is 1.